The lowest BCUT2D eigenvalue weighted by atomic mass is 9.71. The summed E-state index contributed by atoms with van der Waals surface area (Å²) in [6.07, 6.45) is 2.88. The van der Waals surface area contributed by atoms with Gasteiger partial charge in [-0.25, -0.2) is 4.79 Å². The maximum Gasteiger partial charge on any atom is 0.407 e. The van der Waals surface area contributed by atoms with Crippen molar-refractivity contribution in [1.82, 2.24) is 10.2 Å². The molecular formula is C18H28N2O2. The molecule has 1 N–H and O–H groups in total. The highest BCUT2D eigenvalue weighted by molar-refractivity contribution is 5.67. The third-order valence-electron chi connectivity index (χ3n) is 4.73. The Kier molecular flexibility index (Phi) is 5.46. The first-order valence-corrected chi connectivity index (χ1v) is 8.02. The third kappa shape index (κ3) is 4.47. The summed E-state index contributed by atoms with van der Waals surface area (Å²) in [6.45, 7) is 4.77. The highest BCUT2D eigenvalue weighted by Gasteiger charge is 2.38. The van der Waals surface area contributed by atoms with E-state index in [1.165, 1.54) is 0 Å². The van der Waals surface area contributed by atoms with E-state index in [-0.39, 0.29) is 17.6 Å². The molecule has 1 aliphatic carbocycles. The van der Waals surface area contributed by atoms with Crippen LogP contribution in [0.3, 0.4) is 0 Å². The van der Waals surface area contributed by atoms with E-state index in [2.05, 4.69) is 38.2 Å². The van der Waals surface area contributed by atoms with E-state index in [0.29, 0.717) is 12.6 Å². The third-order valence-corrected chi connectivity index (χ3v) is 4.73. The molecule has 0 aromatic heterocycles. The van der Waals surface area contributed by atoms with Gasteiger partial charge in [-0.1, -0.05) is 44.2 Å². The minimum atomic E-state index is -0.315. The van der Waals surface area contributed by atoms with Gasteiger partial charge in [0.2, 0.25) is 0 Å². The van der Waals surface area contributed by atoms with Crippen LogP contribution < -0.4 is 5.32 Å². The fourth-order valence-corrected chi connectivity index (χ4v) is 3.22. The Morgan fingerprint density at radius 3 is 2.55 bits per heavy atom. The van der Waals surface area contributed by atoms with Crippen molar-refractivity contribution in [2.45, 2.75) is 51.8 Å². The predicted molar refractivity (Wildman–Crippen MR) is 88.7 cm³/mol. The molecule has 22 heavy (non-hydrogen) atoms. The molecule has 122 valence electrons. The largest absolute Gasteiger partial charge is 0.445 e. The zero-order valence-electron chi connectivity index (χ0n) is 14.1. The van der Waals surface area contributed by atoms with Crippen molar-refractivity contribution < 1.29 is 9.53 Å². The van der Waals surface area contributed by atoms with Gasteiger partial charge in [-0.3, -0.25) is 0 Å². The lowest BCUT2D eigenvalue weighted by Gasteiger charge is -2.44. The summed E-state index contributed by atoms with van der Waals surface area (Å²) in [5.41, 5.74) is 1.09. The van der Waals surface area contributed by atoms with E-state index in [0.717, 1.165) is 24.8 Å². The monoisotopic (exact) mass is 304 g/mol. The zero-order valence-corrected chi connectivity index (χ0v) is 14.1. The van der Waals surface area contributed by atoms with Crippen LogP contribution in [0.1, 0.15) is 38.7 Å². The first-order valence-electron chi connectivity index (χ1n) is 8.02. The molecule has 2 unspecified atom stereocenters. The van der Waals surface area contributed by atoms with Gasteiger partial charge < -0.3 is 15.0 Å². The maximum absolute atomic E-state index is 12.0. The molecule has 1 saturated carbocycles. The molecule has 0 spiro atoms. The van der Waals surface area contributed by atoms with Gasteiger partial charge in [0.15, 0.2) is 0 Å². The Morgan fingerprint density at radius 2 is 1.95 bits per heavy atom. The Balaban J connectivity index is 1.84. The number of nitrogens with zero attached hydrogens (tertiary/aromatic N) is 1. The highest BCUT2D eigenvalue weighted by atomic mass is 16.5. The maximum atomic E-state index is 12.0. The smallest absolute Gasteiger partial charge is 0.407 e. The second-order valence-electron chi connectivity index (χ2n) is 7.15. The Morgan fingerprint density at radius 1 is 1.27 bits per heavy atom. The standard InChI is InChI=1S/C18H28N2O2/c1-18(2)12-15(20(3)4)10-11-16(18)19-17(21)22-13-14-8-6-5-7-9-14/h5-9,15-16H,10-13H2,1-4H3,(H,19,21). The summed E-state index contributed by atoms with van der Waals surface area (Å²) < 4.78 is 5.34. The molecule has 1 amide bonds. The van der Waals surface area contributed by atoms with Crippen molar-refractivity contribution in [2.24, 2.45) is 5.41 Å². The first-order chi connectivity index (χ1) is 10.4. The molecule has 1 fully saturated rings. The summed E-state index contributed by atoms with van der Waals surface area (Å²) in [5.74, 6) is 0. The van der Waals surface area contributed by atoms with Gasteiger partial charge in [-0.05, 0) is 44.3 Å². The van der Waals surface area contributed by atoms with Crippen molar-refractivity contribution in [1.29, 1.82) is 0 Å². The van der Waals surface area contributed by atoms with Gasteiger partial charge in [-0.2, -0.15) is 0 Å². The number of hydrogen-bond donors (Lipinski definition) is 1. The Bertz CT molecular complexity index is 485. The average Bonchev–Trinajstić information content (AvgIpc) is 2.48. The minimum Gasteiger partial charge on any atom is -0.445 e. The molecule has 0 bridgehead atoms. The summed E-state index contributed by atoms with van der Waals surface area (Å²) in [6, 6.07) is 10.5. The van der Waals surface area contributed by atoms with Crippen LogP contribution in [0, 0.1) is 5.41 Å². The second-order valence-corrected chi connectivity index (χ2v) is 7.15. The molecule has 0 aliphatic heterocycles. The number of benzene rings is 1. The molecular weight excluding hydrogens is 276 g/mol. The fraction of sp³-hybridized carbons (Fsp3) is 0.611. The van der Waals surface area contributed by atoms with E-state index in [4.69, 9.17) is 4.74 Å². The van der Waals surface area contributed by atoms with Crippen LogP contribution in [0.2, 0.25) is 0 Å². The van der Waals surface area contributed by atoms with Gasteiger partial charge in [0.1, 0.15) is 6.61 Å². The van der Waals surface area contributed by atoms with Crippen LogP contribution in [0.15, 0.2) is 30.3 Å². The SMILES string of the molecule is CN(C)C1CCC(NC(=O)OCc2ccccc2)C(C)(C)C1. The van der Waals surface area contributed by atoms with E-state index >= 15 is 0 Å². The molecule has 4 nitrogen and oxygen atoms in total. The van der Waals surface area contributed by atoms with Crippen LogP contribution >= 0.6 is 0 Å². The Labute approximate surface area is 133 Å². The van der Waals surface area contributed by atoms with Crippen LogP contribution in [-0.4, -0.2) is 37.2 Å². The van der Waals surface area contributed by atoms with Crippen molar-refractivity contribution in [3.8, 4) is 0 Å². The van der Waals surface area contributed by atoms with Crippen molar-refractivity contribution >= 4 is 6.09 Å². The topological polar surface area (TPSA) is 41.6 Å². The predicted octanol–water partition coefficient (Wildman–Crippen LogP) is 3.42. The number of carbonyl (C=O) groups is 1. The molecule has 4 heteroatoms. The minimum absolute atomic E-state index is 0.0823. The molecule has 0 radical (unpaired) electrons. The van der Waals surface area contributed by atoms with Gasteiger partial charge in [-0.15, -0.1) is 0 Å². The molecule has 2 atom stereocenters. The highest BCUT2D eigenvalue weighted by Crippen LogP contribution is 2.37. The lowest BCUT2D eigenvalue weighted by Crippen LogP contribution is -2.51. The van der Waals surface area contributed by atoms with Gasteiger partial charge in [0.05, 0.1) is 0 Å². The van der Waals surface area contributed by atoms with E-state index in [1.807, 2.05) is 30.3 Å². The summed E-state index contributed by atoms with van der Waals surface area (Å²) >= 11 is 0. The van der Waals surface area contributed by atoms with Gasteiger partial charge >= 0.3 is 6.09 Å². The van der Waals surface area contributed by atoms with E-state index < -0.39 is 0 Å². The van der Waals surface area contributed by atoms with Gasteiger partial charge in [0, 0.05) is 12.1 Å². The number of alkyl carbamates (subject to hydrolysis) is 1. The van der Waals surface area contributed by atoms with Crippen LogP contribution in [0.25, 0.3) is 0 Å². The zero-order chi connectivity index (χ0) is 16.2. The summed E-state index contributed by atoms with van der Waals surface area (Å²) in [4.78, 5) is 14.3. The molecule has 1 aromatic rings. The van der Waals surface area contributed by atoms with Crippen LogP contribution in [0.4, 0.5) is 4.79 Å². The summed E-state index contributed by atoms with van der Waals surface area (Å²) in [7, 11) is 4.26. The number of ether oxygens (including phenoxy) is 1. The number of rotatable bonds is 4. The summed E-state index contributed by atoms with van der Waals surface area (Å²) in [5, 5.41) is 3.06. The second kappa shape index (κ2) is 7.14. The molecule has 1 aromatic carbocycles. The van der Waals surface area contributed by atoms with Gasteiger partial charge in [0.25, 0.3) is 0 Å². The number of hydrogen-bond acceptors (Lipinski definition) is 3. The van der Waals surface area contributed by atoms with Crippen LogP contribution in [-0.2, 0) is 11.3 Å². The normalized spacial score (nSPS) is 24.0. The number of nitrogens with one attached hydrogen (secondary N) is 1. The van der Waals surface area contributed by atoms with E-state index in [1.54, 1.807) is 0 Å². The van der Waals surface area contributed by atoms with Crippen LogP contribution in [0.5, 0.6) is 0 Å². The number of amides is 1. The first kappa shape index (κ1) is 16.8. The average molecular weight is 304 g/mol. The fourth-order valence-electron chi connectivity index (χ4n) is 3.22. The van der Waals surface area contributed by atoms with Crippen molar-refractivity contribution in [2.75, 3.05) is 14.1 Å². The number of carbonyl (C=O) groups excluding carboxylic acids is 1. The quantitative estimate of drug-likeness (QED) is 0.926. The Hall–Kier alpha value is -1.55. The molecule has 1 aliphatic rings. The molecule has 0 saturated heterocycles. The van der Waals surface area contributed by atoms with E-state index in [9.17, 15) is 4.79 Å². The molecule has 0 heterocycles. The van der Waals surface area contributed by atoms with Crippen molar-refractivity contribution in [3.63, 3.8) is 0 Å². The molecule has 2 rings (SSSR count). The lowest BCUT2D eigenvalue weighted by molar-refractivity contribution is 0.0789. The van der Waals surface area contributed by atoms with Crippen molar-refractivity contribution in [3.05, 3.63) is 35.9 Å².